The van der Waals surface area contributed by atoms with Gasteiger partial charge in [0.15, 0.2) is 0 Å². The van der Waals surface area contributed by atoms with Gasteiger partial charge in [0, 0.05) is 18.7 Å². The van der Waals surface area contributed by atoms with Crippen LogP contribution in [0.25, 0.3) is 11.5 Å². The van der Waals surface area contributed by atoms with Crippen LogP contribution in [-0.4, -0.2) is 40.6 Å². The third-order valence-electron chi connectivity index (χ3n) is 5.32. The Labute approximate surface area is 154 Å². The second kappa shape index (κ2) is 7.48. The molecule has 0 unspecified atom stereocenters. The summed E-state index contributed by atoms with van der Waals surface area (Å²) < 4.78 is 5.55. The van der Waals surface area contributed by atoms with E-state index in [0.29, 0.717) is 11.3 Å². The first-order chi connectivity index (χ1) is 12.7. The first-order valence-corrected chi connectivity index (χ1v) is 9.65. The molecule has 138 valence electrons. The summed E-state index contributed by atoms with van der Waals surface area (Å²) in [7, 11) is 0. The Hall–Kier alpha value is -2.37. The number of hydrogen-bond donors (Lipinski definition) is 1. The van der Waals surface area contributed by atoms with Crippen molar-refractivity contribution in [2.45, 2.75) is 44.9 Å². The minimum Gasteiger partial charge on any atom is -0.403 e. The van der Waals surface area contributed by atoms with Crippen molar-refractivity contribution in [3.63, 3.8) is 0 Å². The number of likely N-dealkylation sites (tertiary alicyclic amines) is 1. The number of carbonyl (C=O) groups is 1. The SMILES string of the molecule is C1CC1.O=C(CNc1nnc(-c2ccccc2)o1)N1CCC2(CC1)CC2. The Kier molecular flexibility index (Phi) is 4.91. The van der Waals surface area contributed by atoms with Crippen LogP contribution in [0.15, 0.2) is 34.7 Å². The number of benzene rings is 1. The molecule has 26 heavy (non-hydrogen) atoms. The molecular formula is C20H26N4O2. The molecule has 1 aliphatic heterocycles. The van der Waals surface area contributed by atoms with Crippen LogP contribution in [0.1, 0.15) is 44.9 Å². The molecule has 2 saturated carbocycles. The average molecular weight is 354 g/mol. The Morgan fingerprint density at radius 1 is 1.04 bits per heavy atom. The van der Waals surface area contributed by atoms with Crippen molar-refractivity contribution >= 4 is 11.9 Å². The standard InChI is InChI=1S/C17H20N4O2.C3H6/c22-14(21-10-8-17(6-7-17)9-11-21)12-18-16-20-19-15(23-16)13-4-2-1-3-5-13;1-2-3-1/h1-5H,6-12H2,(H,18,20);1-3H2. The molecule has 1 spiro atoms. The summed E-state index contributed by atoms with van der Waals surface area (Å²) >= 11 is 0. The lowest BCUT2D eigenvalue weighted by Gasteiger charge is -2.32. The van der Waals surface area contributed by atoms with E-state index < -0.39 is 0 Å². The fourth-order valence-corrected chi connectivity index (χ4v) is 3.16. The normalized spacial score (nSPS) is 19.5. The van der Waals surface area contributed by atoms with Gasteiger partial charge in [-0.1, -0.05) is 42.6 Å². The Bertz CT molecular complexity index is 725. The van der Waals surface area contributed by atoms with Crippen molar-refractivity contribution in [3.05, 3.63) is 30.3 Å². The quantitative estimate of drug-likeness (QED) is 0.906. The van der Waals surface area contributed by atoms with Gasteiger partial charge in [0.05, 0.1) is 6.54 Å². The van der Waals surface area contributed by atoms with E-state index in [0.717, 1.165) is 31.5 Å². The zero-order valence-corrected chi connectivity index (χ0v) is 15.1. The first kappa shape index (κ1) is 17.1. The minimum atomic E-state index is 0.0972. The van der Waals surface area contributed by atoms with Crippen LogP contribution in [0.4, 0.5) is 6.01 Å². The monoisotopic (exact) mass is 354 g/mol. The molecule has 0 bridgehead atoms. The zero-order chi connectivity index (χ0) is 17.8. The van der Waals surface area contributed by atoms with Crippen LogP contribution in [0.2, 0.25) is 0 Å². The summed E-state index contributed by atoms with van der Waals surface area (Å²) in [6.45, 7) is 1.95. The van der Waals surface area contributed by atoms with Gasteiger partial charge in [-0.3, -0.25) is 4.79 Å². The predicted molar refractivity (Wildman–Crippen MR) is 99.6 cm³/mol. The summed E-state index contributed by atoms with van der Waals surface area (Å²) in [5.41, 5.74) is 1.45. The van der Waals surface area contributed by atoms with Gasteiger partial charge < -0.3 is 14.6 Å². The average Bonchev–Trinajstić information content (AvgIpc) is 3.63. The van der Waals surface area contributed by atoms with Crippen LogP contribution >= 0.6 is 0 Å². The molecule has 5 rings (SSSR count). The Morgan fingerprint density at radius 2 is 1.73 bits per heavy atom. The van der Waals surface area contributed by atoms with Gasteiger partial charge >= 0.3 is 6.01 Å². The molecule has 1 saturated heterocycles. The van der Waals surface area contributed by atoms with E-state index >= 15 is 0 Å². The number of nitrogens with one attached hydrogen (secondary N) is 1. The third kappa shape index (κ3) is 4.42. The number of aromatic nitrogens is 2. The molecule has 2 heterocycles. The Morgan fingerprint density at radius 3 is 2.35 bits per heavy atom. The van der Waals surface area contributed by atoms with Crippen LogP contribution in [0.3, 0.4) is 0 Å². The molecule has 0 atom stereocenters. The lowest BCUT2D eigenvalue weighted by Crippen LogP contribution is -2.41. The smallest absolute Gasteiger partial charge is 0.316 e. The van der Waals surface area contributed by atoms with Crippen molar-refractivity contribution < 1.29 is 9.21 Å². The summed E-state index contributed by atoms with van der Waals surface area (Å²) in [4.78, 5) is 14.2. The van der Waals surface area contributed by atoms with E-state index in [1.807, 2.05) is 35.2 Å². The highest BCUT2D eigenvalue weighted by Crippen LogP contribution is 2.53. The van der Waals surface area contributed by atoms with E-state index in [4.69, 9.17) is 4.42 Å². The number of piperidine rings is 1. The summed E-state index contributed by atoms with van der Waals surface area (Å²) in [6.07, 6.45) is 9.49. The maximum Gasteiger partial charge on any atom is 0.316 e. The van der Waals surface area contributed by atoms with Crippen LogP contribution in [0, 0.1) is 5.41 Å². The maximum absolute atomic E-state index is 12.3. The molecule has 1 N–H and O–H groups in total. The van der Waals surface area contributed by atoms with Gasteiger partial charge in [0.25, 0.3) is 0 Å². The minimum absolute atomic E-state index is 0.0972. The van der Waals surface area contributed by atoms with Crippen LogP contribution in [0.5, 0.6) is 0 Å². The zero-order valence-electron chi connectivity index (χ0n) is 15.1. The lowest BCUT2D eigenvalue weighted by atomic mass is 9.94. The molecule has 6 nitrogen and oxygen atoms in total. The van der Waals surface area contributed by atoms with Crippen LogP contribution in [-0.2, 0) is 4.79 Å². The van der Waals surface area contributed by atoms with E-state index in [9.17, 15) is 4.79 Å². The fraction of sp³-hybridized carbons (Fsp3) is 0.550. The van der Waals surface area contributed by atoms with E-state index in [1.165, 1.54) is 32.1 Å². The second-order valence-corrected chi connectivity index (χ2v) is 7.57. The van der Waals surface area contributed by atoms with Crippen molar-refractivity contribution in [1.29, 1.82) is 0 Å². The van der Waals surface area contributed by atoms with Gasteiger partial charge in [0.1, 0.15) is 0 Å². The van der Waals surface area contributed by atoms with Crippen molar-refractivity contribution in [3.8, 4) is 11.5 Å². The predicted octanol–water partition coefficient (Wildman–Crippen LogP) is 3.72. The number of hydrogen-bond acceptors (Lipinski definition) is 5. The molecule has 0 radical (unpaired) electrons. The van der Waals surface area contributed by atoms with Crippen LogP contribution < -0.4 is 5.32 Å². The summed E-state index contributed by atoms with van der Waals surface area (Å²) in [6, 6.07) is 9.86. The highest BCUT2D eigenvalue weighted by atomic mass is 16.4. The summed E-state index contributed by atoms with van der Waals surface area (Å²) in [5.74, 6) is 0.550. The number of nitrogens with zero attached hydrogens (tertiary/aromatic N) is 3. The van der Waals surface area contributed by atoms with E-state index in [-0.39, 0.29) is 18.5 Å². The first-order valence-electron chi connectivity index (χ1n) is 9.65. The van der Waals surface area contributed by atoms with Crippen molar-refractivity contribution in [2.75, 3.05) is 25.0 Å². The highest BCUT2D eigenvalue weighted by molar-refractivity contribution is 5.80. The van der Waals surface area contributed by atoms with Crippen molar-refractivity contribution in [2.24, 2.45) is 5.41 Å². The van der Waals surface area contributed by atoms with Gasteiger partial charge in [-0.15, -0.1) is 5.10 Å². The fourth-order valence-electron chi connectivity index (χ4n) is 3.16. The number of rotatable bonds is 4. The van der Waals surface area contributed by atoms with Gasteiger partial charge in [-0.2, -0.15) is 0 Å². The topological polar surface area (TPSA) is 71.3 Å². The Balaban J connectivity index is 0.000000510. The third-order valence-corrected chi connectivity index (χ3v) is 5.32. The largest absolute Gasteiger partial charge is 0.403 e. The van der Waals surface area contributed by atoms with Gasteiger partial charge in [-0.05, 0) is 43.2 Å². The van der Waals surface area contributed by atoms with E-state index in [2.05, 4.69) is 15.5 Å². The molecule has 3 aliphatic rings. The number of amides is 1. The van der Waals surface area contributed by atoms with Crippen molar-refractivity contribution in [1.82, 2.24) is 15.1 Å². The van der Waals surface area contributed by atoms with E-state index in [1.54, 1.807) is 0 Å². The highest BCUT2D eigenvalue weighted by Gasteiger charge is 2.44. The summed E-state index contributed by atoms with van der Waals surface area (Å²) in [5, 5.41) is 10.9. The molecule has 3 fully saturated rings. The lowest BCUT2D eigenvalue weighted by molar-refractivity contribution is -0.130. The maximum atomic E-state index is 12.3. The second-order valence-electron chi connectivity index (χ2n) is 7.57. The molecule has 1 amide bonds. The molecule has 1 aromatic carbocycles. The van der Waals surface area contributed by atoms with Gasteiger partial charge in [-0.25, -0.2) is 0 Å². The van der Waals surface area contributed by atoms with Gasteiger partial charge in [0.2, 0.25) is 11.8 Å². The molecule has 2 aliphatic carbocycles. The molecule has 6 heteroatoms. The molecular weight excluding hydrogens is 328 g/mol. The number of carbonyl (C=O) groups excluding carboxylic acids is 1. The molecule has 2 aromatic rings. The molecule has 1 aromatic heterocycles. The number of anilines is 1.